The number of hydrogen-bond acceptors (Lipinski definition) is 3. The summed E-state index contributed by atoms with van der Waals surface area (Å²) >= 11 is 0. The molecule has 15 heavy (non-hydrogen) atoms. The summed E-state index contributed by atoms with van der Waals surface area (Å²) in [5.41, 5.74) is 5.78. The second kappa shape index (κ2) is 4.94. The number of carbonyl (C=O) groups excluding carboxylic acids is 1. The van der Waals surface area contributed by atoms with Crippen LogP contribution in [0.4, 0.5) is 0 Å². The third kappa shape index (κ3) is 3.47. The average molecular weight is 212 g/mol. The zero-order chi connectivity index (χ0) is 10.7. The van der Waals surface area contributed by atoms with E-state index in [0.717, 1.165) is 38.5 Å². The van der Waals surface area contributed by atoms with E-state index in [-0.39, 0.29) is 18.6 Å². The molecule has 2 N–H and O–H groups in total. The Kier molecular flexibility index (Phi) is 3.59. The number of likely N-dealkylation sites (tertiary alicyclic amines) is 1. The summed E-state index contributed by atoms with van der Waals surface area (Å²) in [6.07, 6.45) is 4.39. The molecule has 0 spiro atoms. The molecule has 0 aromatic carbocycles. The van der Waals surface area contributed by atoms with Crippen LogP contribution in [0.2, 0.25) is 0 Å². The molecule has 1 saturated carbocycles. The van der Waals surface area contributed by atoms with Crippen molar-refractivity contribution in [3.8, 4) is 0 Å². The standard InChI is InChI=1S/C11H20N2O2/c12-10-3-5-13(6-4-10)11(14)8-15-7-9-1-2-9/h9-10H,1-8,12H2. The van der Waals surface area contributed by atoms with Crippen molar-refractivity contribution >= 4 is 5.91 Å². The maximum absolute atomic E-state index is 11.7. The van der Waals surface area contributed by atoms with Gasteiger partial charge in [0.1, 0.15) is 6.61 Å². The van der Waals surface area contributed by atoms with E-state index in [1.165, 1.54) is 12.8 Å². The molecule has 1 amide bonds. The van der Waals surface area contributed by atoms with Gasteiger partial charge in [0.05, 0.1) is 6.61 Å². The Morgan fingerprint density at radius 3 is 2.53 bits per heavy atom. The van der Waals surface area contributed by atoms with Crippen molar-refractivity contribution in [3.63, 3.8) is 0 Å². The van der Waals surface area contributed by atoms with Crippen LogP contribution in [0, 0.1) is 5.92 Å². The van der Waals surface area contributed by atoms with E-state index in [0.29, 0.717) is 0 Å². The molecule has 1 aliphatic heterocycles. The number of nitrogens with zero attached hydrogens (tertiary/aromatic N) is 1. The molecule has 0 radical (unpaired) electrons. The lowest BCUT2D eigenvalue weighted by Gasteiger charge is -2.30. The molecule has 86 valence electrons. The van der Waals surface area contributed by atoms with Crippen LogP contribution in [0.25, 0.3) is 0 Å². The van der Waals surface area contributed by atoms with Crippen LogP contribution in [0.3, 0.4) is 0 Å². The third-order valence-electron chi connectivity index (χ3n) is 3.17. The van der Waals surface area contributed by atoms with E-state index >= 15 is 0 Å². The molecule has 0 atom stereocenters. The van der Waals surface area contributed by atoms with Gasteiger partial charge in [-0.2, -0.15) is 0 Å². The van der Waals surface area contributed by atoms with Crippen molar-refractivity contribution in [3.05, 3.63) is 0 Å². The van der Waals surface area contributed by atoms with Gasteiger partial charge in [0, 0.05) is 19.1 Å². The van der Waals surface area contributed by atoms with Crippen LogP contribution in [0.1, 0.15) is 25.7 Å². The summed E-state index contributed by atoms with van der Waals surface area (Å²) in [6.45, 7) is 2.62. The molecule has 1 aliphatic carbocycles. The first-order valence-electron chi connectivity index (χ1n) is 5.87. The number of hydrogen-bond donors (Lipinski definition) is 1. The van der Waals surface area contributed by atoms with Crippen molar-refractivity contribution in [1.29, 1.82) is 0 Å². The van der Waals surface area contributed by atoms with Gasteiger partial charge >= 0.3 is 0 Å². The van der Waals surface area contributed by atoms with E-state index < -0.39 is 0 Å². The Bertz CT molecular complexity index is 221. The van der Waals surface area contributed by atoms with E-state index in [4.69, 9.17) is 10.5 Å². The van der Waals surface area contributed by atoms with E-state index in [1.54, 1.807) is 0 Å². The molecular weight excluding hydrogens is 192 g/mol. The molecule has 0 aromatic heterocycles. The highest BCUT2D eigenvalue weighted by Gasteiger charge is 2.23. The minimum absolute atomic E-state index is 0.127. The molecule has 4 heteroatoms. The minimum Gasteiger partial charge on any atom is -0.371 e. The lowest BCUT2D eigenvalue weighted by molar-refractivity contribution is -0.137. The first-order chi connectivity index (χ1) is 7.25. The van der Waals surface area contributed by atoms with Crippen LogP contribution >= 0.6 is 0 Å². The number of piperidine rings is 1. The SMILES string of the molecule is NC1CCN(C(=O)COCC2CC2)CC1. The van der Waals surface area contributed by atoms with Gasteiger partial charge in [-0.25, -0.2) is 0 Å². The number of nitrogens with two attached hydrogens (primary N) is 1. The number of carbonyl (C=O) groups is 1. The van der Waals surface area contributed by atoms with Crippen molar-refractivity contribution in [2.75, 3.05) is 26.3 Å². The highest BCUT2D eigenvalue weighted by molar-refractivity contribution is 5.77. The van der Waals surface area contributed by atoms with Gasteiger partial charge in [-0.15, -0.1) is 0 Å². The van der Waals surface area contributed by atoms with Crippen LogP contribution in [-0.4, -0.2) is 43.2 Å². The van der Waals surface area contributed by atoms with Crippen LogP contribution < -0.4 is 5.73 Å². The lowest BCUT2D eigenvalue weighted by atomic mass is 10.1. The van der Waals surface area contributed by atoms with E-state index in [9.17, 15) is 4.79 Å². The summed E-state index contributed by atoms with van der Waals surface area (Å²) < 4.78 is 5.38. The van der Waals surface area contributed by atoms with E-state index in [2.05, 4.69) is 0 Å². The predicted octanol–water partition coefficient (Wildman–Crippen LogP) is 0.363. The first kappa shape index (κ1) is 10.9. The summed E-state index contributed by atoms with van der Waals surface area (Å²) in [6, 6.07) is 0.279. The van der Waals surface area contributed by atoms with Crippen LogP contribution in [-0.2, 0) is 9.53 Å². The molecule has 0 bridgehead atoms. The Morgan fingerprint density at radius 2 is 1.93 bits per heavy atom. The fraction of sp³-hybridized carbons (Fsp3) is 0.909. The second-order valence-corrected chi connectivity index (χ2v) is 4.68. The highest BCUT2D eigenvalue weighted by Crippen LogP contribution is 2.28. The lowest BCUT2D eigenvalue weighted by Crippen LogP contribution is -2.44. The van der Waals surface area contributed by atoms with Crippen molar-refractivity contribution in [2.24, 2.45) is 11.7 Å². The number of ether oxygens (including phenoxy) is 1. The predicted molar refractivity (Wildman–Crippen MR) is 57.3 cm³/mol. The van der Waals surface area contributed by atoms with E-state index in [1.807, 2.05) is 4.90 Å². The van der Waals surface area contributed by atoms with Gasteiger partial charge in [0.2, 0.25) is 5.91 Å². The summed E-state index contributed by atoms with van der Waals surface area (Å²) in [5.74, 6) is 0.857. The molecule has 2 fully saturated rings. The van der Waals surface area contributed by atoms with Crippen molar-refractivity contribution in [1.82, 2.24) is 4.90 Å². The summed E-state index contributed by atoms with van der Waals surface area (Å²) in [5, 5.41) is 0. The zero-order valence-electron chi connectivity index (χ0n) is 9.15. The second-order valence-electron chi connectivity index (χ2n) is 4.68. The maximum atomic E-state index is 11.7. The van der Waals surface area contributed by atoms with Gasteiger partial charge in [0.15, 0.2) is 0 Å². The molecule has 2 rings (SSSR count). The fourth-order valence-corrected chi connectivity index (χ4v) is 1.84. The summed E-state index contributed by atoms with van der Waals surface area (Å²) in [7, 11) is 0. The Balaban J connectivity index is 1.61. The molecular formula is C11H20N2O2. The Labute approximate surface area is 90.8 Å². The number of amides is 1. The smallest absolute Gasteiger partial charge is 0.248 e. The van der Waals surface area contributed by atoms with Gasteiger partial charge in [0.25, 0.3) is 0 Å². The monoisotopic (exact) mass is 212 g/mol. The summed E-state index contributed by atoms with van der Waals surface area (Å²) in [4.78, 5) is 13.5. The third-order valence-corrected chi connectivity index (χ3v) is 3.17. The van der Waals surface area contributed by atoms with Crippen molar-refractivity contribution < 1.29 is 9.53 Å². The topological polar surface area (TPSA) is 55.6 Å². The van der Waals surface area contributed by atoms with Crippen LogP contribution in [0.5, 0.6) is 0 Å². The normalized spacial score (nSPS) is 23.1. The van der Waals surface area contributed by atoms with Gasteiger partial charge < -0.3 is 15.4 Å². The molecule has 1 saturated heterocycles. The average Bonchev–Trinajstić information content (AvgIpc) is 3.02. The van der Waals surface area contributed by atoms with Gasteiger partial charge in [-0.3, -0.25) is 4.79 Å². The van der Waals surface area contributed by atoms with Gasteiger partial charge in [-0.1, -0.05) is 0 Å². The molecule has 0 unspecified atom stereocenters. The molecule has 1 heterocycles. The van der Waals surface area contributed by atoms with Gasteiger partial charge in [-0.05, 0) is 31.6 Å². The Morgan fingerprint density at radius 1 is 1.27 bits per heavy atom. The maximum Gasteiger partial charge on any atom is 0.248 e. The van der Waals surface area contributed by atoms with Crippen LogP contribution in [0.15, 0.2) is 0 Å². The zero-order valence-corrected chi connectivity index (χ0v) is 9.15. The Hall–Kier alpha value is -0.610. The first-order valence-corrected chi connectivity index (χ1v) is 5.87. The molecule has 2 aliphatic rings. The minimum atomic E-state index is 0.127. The highest BCUT2D eigenvalue weighted by atomic mass is 16.5. The van der Waals surface area contributed by atoms with Crippen molar-refractivity contribution in [2.45, 2.75) is 31.7 Å². The molecule has 0 aromatic rings. The quantitative estimate of drug-likeness (QED) is 0.732. The largest absolute Gasteiger partial charge is 0.371 e. The fourth-order valence-electron chi connectivity index (χ4n) is 1.84. The number of rotatable bonds is 4. The molecule has 4 nitrogen and oxygen atoms in total.